The third-order valence-electron chi connectivity index (χ3n) is 2.46. The van der Waals surface area contributed by atoms with Gasteiger partial charge in [-0.3, -0.25) is 0 Å². The van der Waals surface area contributed by atoms with Crippen LogP contribution in [0.1, 0.15) is 6.42 Å². The Morgan fingerprint density at radius 2 is 1.86 bits per heavy atom. The van der Waals surface area contributed by atoms with Crippen molar-refractivity contribution in [1.82, 2.24) is 5.32 Å². The quantitative estimate of drug-likeness (QED) is 0.751. The Morgan fingerprint density at radius 3 is 2.64 bits per heavy atom. The molecule has 0 aliphatic carbocycles. The van der Waals surface area contributed by atoms with Crippen molar-refractivity contribution in [2.24, 2.45) is 0 Å². The van der Waals surface area contributed by atoms with E-state index in [-0.39, 0.29) is 0 Å². The average Bonchev–Trinajstić information content (AvgIpc) is 2.47. The number of hydrogen-bond donors (Lipinski definition) is 0. The highest BCUT2D eigenvalue weighted by molar-refractivity contribution is 9.10. The fourth-order valence-corrected chi connectivity index (χ4v) is 1.96. The summed E-state index contributed by atoms with van der Waals surface area (Å²) in [5.74, 6) is 0. The monoisotopic (exact) mass is 253 g/mol. The fraction of sp³-hybridized carbons (Fsp3) is 0.455. The normalized spacial score (nSPS) is 17.9. The Kier molecular flexibility index (Phi) is 3.43. The lowest BCUT2D eigenvalue weighted by molar-refractivity contribution is 0.709. The van der Waals surface area contributed by atoms with Crippen molar-refractivity contribution in [2.45, 2.75) is 6.42 Å². The lowest BCUT2D eigenvalue weighted by Gasteiger charge is -2.21. The van der Waals surface area contributed by atoms with Gasteiger partial charge in [-0.2, -0.15) is 0 Å². The molecule has 0 N–H and O–H groups in total. The number of anilines is 1. The van der Waals surface area contributed by atoms with E-state index in [1.54, 1.807) is 0 Å². The summed E-state index contributed by atoms with van der Waals surface area (Å²) in [5, 5.41) is 4.41. The summed E-state index contributed by atoms with van der Waals surface area (Å²) in [6.07, 6.45) is 1.18. The van der Waals surface area contributed by atoms with Crippen LogP contribution >= 0.6 is 15.9 Å². The number of benzene rings is 1. The molecule has 1 fully saturated rings. The molecular formula is C11H14BrN2. The molecule has 1 aromatic rings. The molecule has 0 amide bonds. The maximum absolute atomic E-state index is 4.41. The van der Waals surface area contributed by atoms with Crippen molar-refractivity contribution in [3.63, 3.8) is 0 Å². The van der Waals surface area contributed by atoms with Gasteiger partial charge in [0.25, 0.3) is 0 Å². The van der Waals surface area contributed by atoms with Crippen LogP contribution in [0.25, 0.3) is 0 Å². The first-order valence-electron chi connectivity index (χ1n) is 5.00. The molecule has 3 heteroatoms. The van der Waals surface area contributed by atoms with Crippen LogP contribution < -0.4 is 10.2 Å². The zero-order valence-corrected chi connectivity index (χ0v) is 9.70. The molecule has 1 saturated heterocycles. The number of hydrogen-bond acceptors (Lipinski definition) is 1. The summed E-state index contributed by atoms with van der Waals surface area (Å²) in [6.45, 7) is 4.18. The first kappa shape index (κ1) is 9.99. The molecule has 2 rings (SSSR count). The average molecular weight is 254 g/mol. The van der Waals surface area contributed by atoms with Gasteiger partial charge in [0.2, 0.25) is 0 Å². The van der Waals surface area contributed by atoms with Crippen molar-refractivity contribution < 1.29 is 0 Å². The molecule has 1 heterocycles. The van der Waals surface area contributed by atoms with Crippen molar-refractivity contribution in [2.75, 3.05) is 31.1 Å². The predicted octanol–water partition coefficient (Wildman–Crippen LogP) is 2.26. The molecule has 0 bridgehead atoms. The van der Waals surface area contributed by atoms with Gasteiger partial charge in [0, 0.05) is 36.3 Å². The van der Waals surface area contributed by atoms with Gasteiger partial charge in [-0.15, -0.1) is 0 Å². The highest BCUT2D eigenvalue weighted by Crippen LogP contribution is 2.18. The largest absolute Gasteiger partial charge is 0.370 e. The second-order valence-corrected chi connectivity index (χ2v) is 4.40. The summed E-state index contributed by atoms with van der Waals surface area (Å²) in [4.78, 5) is 2.41. The van der Waals surface area contributed by atoms with Crippen LogP contribution in [0.15, 0.2) is 28.7 Å². The van der Waals surface area contributed by atoms with Gasteiger partial charge in [-0.05, 0) is 30.7 Å². The smallest absolute Gasteiger partial charge is 0.0367 e. The molecule has 75 valence electrons. The molecule has 0 unspecified atom stereocenters. The Bertz CT molecular complexity index is 276. The highest BCUT2D eigenvalue weighted by atomic mass is 79.9. The lowest BCUT2D eigenvalue weighted by atomic mass is 10.3. The number of nitrogens with zero attached hydrogens (tertiary/aromatic N) is 2. The molecule has 14 heavy (non-hydrogen) atoms. The Balaban J connectivity index is 2.08. The van der Waals surface area contributed by atoms with Gasteiger partial charge >= 0.3 is 0 Å². The van der Waals surface area contributed by atoms with Gasteiger partial charge < -0.3 is 4.90 Å². The number of halogens is 1. The standard InChI is InChI=1S/C11H14BrN2/c12-10-2-4-11(5-3-10)14-8-1-6-13-7-9-14/h2-5H,1,6-9H2. The van der Waals surface area contributed by atoms with Gasteiger partial charge in [0.1, 0.15) is 0 Å². The van der Waals surface area contributed by atoms with Gasteiger partial charge in [-0.25, -0.2) is 5.32 Å². The molecule has 1 aliphatic heterocycles. The minimum absolute atomic E-state index is 0.968. The van der Waals surface area contributed by atoms with E-state index in [2.05, 4.69) is 50.4 Å². The highest BCUT2D eigenvalue weighted by Gasteiger charge is 2.09. The molecule has 0 aromatic heterocycles. The zero-order chi connectivity index (χ0) is 9.80. The molecule has 0 spiro atoms. The third kappa shape index (κ3) is 2.49. The van der Waals surface area contributed by atoms with Crippen LogP contribution in [0.3, 0.4) is 0 Å². The Labute approximate surface area is 93.4 Å². The van der Waals surface area contributed by atoms with E-state index in [4.69, 9.17) is 0 Å². The molecule has 0 saturated carbocycles. The molecule has 1 aromatic carbocycles. The molecule has 1 radical (unpaired) electrons. The second-order valence-electron chi connectivity index (χ2n) is 3.49. The zero-order valence-electron chi connectivity index (χ0n) is 8.12. The van der Waals surface area contributed by atoms with Gasteiger partial charge in [0.05, 0.1) is 0 Å². The van der Waals surface area contributed by atoms with E-state index in [9.17, 15) is 0 Å². The van der Waals surface area contributed by atoms with Crippen molar-refractivity contribution in [1.29, 1.82) is 0 Å². The minimum atomic E-state index is 0.968. The summed E-state index contributed by atoms with van der Waals surface area (Å²) < 4.78 is 1.14. The lowest BCUT2D eigenvalue weighted by Crippen LogP contribution is -2.26. The van der Waals surface area contributed by atoms with E-state index in [0.717, 1.165) is 30.7 Å². The van der Waals surface area contributed by atoms with Gasteiger partial charge in [0.15, 0.2) is 0 Å². The molecule has 2 nitrogen and oxygen atoms in total. The second kappa shape index (κ2) is 4.80. The van der Waals surface area contributed by atoms with E-state index in [1.807, 2.05) is 0 Å². The first-order valence-corrected chi connectivity index (χ1v) is 5.79. The maximum atomic E-state index is 4.41. The Hall–Kier alpha value is -0.540. The molecule has 0 atom stereocenters. The van der Waals surface area contributed by atoms with Crippen molar-refractivity contribution in [3.8, 4) is 0 Å². The van der Waals surface area contributed by atoms with Crippen molar-refractivity contribution >= 4 is 21.6 Å². The van der Waals surface area contributed by atoms with E-state index in [1.165, 1.54) is 12.1 Å². The summed E-state index contributed by atoms with van der Waals surface area (Å²) in [6, 6.07) is 8.51. The SMILES string of the molecule is Brc1ccc(N2CCC[N]CC2)cc1. The predicted molar refractivity (Wildman–Crippen MR) is 62.8 cm³/mol. The summed E-state index contributed by atoms with van der Waals surface area (Å²) >= 11 is 3.45. The maximum Gasteiger partial charge on any atom is 0.0367 e. The van der Waals surface area contributed by atoms with Crippen LogP contribution in [0.5, 0.6) is 0 Å². The van der Waals surface area contributed by atoms with Crippen molar-refractivity contribution in [3.05, 3.63) is 28.7 Å². The van der Waals surface area contributed by atoms with Gasteiger partial charge in [-0.1, -0.05) is 15.9 Å². The van der Waals surface area contributed by atoms with E-state index in [0.29, 0.717) is 0 Å². The van der Waals surface area contributed by atoms with E-state index >= 15 is 0 Å². The third-order valence-corrected chi connectivity index (χ3v) is 2.99. The van der Waals surface area contributed by atoms with Crippen LogP contribution in [0.2, 0.25) is 0 Å². The van der Waals surface area contributed by atoms with Crippen LogP contribution in [-0.4, -0.2) is 26.2 Å². The molecule has 1 aliphatic rings. The van der Waals surface area contributed by atoms with Crippen LogP contribution in [-0.2, 0) is 0 Å². The fourth-order valence-electron chi connectivity index (χ4n) is 1.70. The first-order chi connectivity index (χ1) is 6.86. The van der Waals surface area contributed by atoms with E-state index < -0.39 is 0 Å². The summed E-state index contributed by atoms with van der Waals surface area (Å²) in [7, 11) is 0. The topological polar surface area (TPSA) is 17.3 Å². The van der Waals surface area contributed by atoms with Crippen LogP contribution in [0, 0.1) is 0 Å². The van der Waals surface area contributed by atoms with Crippen LogP contribution in [0.4, 0.5) is 5.69 Å². The minimum Gasteiger partial charge on any atom is -0.370 e. The number of rotatable bonds is 1. The Morgan fingerprint density at radius 1 is 1.07 bits per heavy atom. The molecular weight excluding hydrogens is 240 g/mol. The summed E-state index contributed by atoms with van der Waals surface area (Å²) in [5.41, 5.74) is 1.31.